The Morgan fingerprint density at radius 3 is 2.76 bits per heavy atom. The van der Waals surface area contributed by atoms with Crippen LogP contribution in [0.15, 0.2) is 16.7 Å². The zero-order valence-corrected chi connectivity index (χ0v) is 15.0. The fourth-order valence-corrected chi connectivity index (χ4v) is 3.25. The molecule has 7 nitrogen and oxygen atoms in total. The average Bonchev–Trinajstić information content (AvgIpc) is 3.06. The molecule has 0 amide bonds. The smallest absolute Gasteiger partial charge is 0.240 e. The van der Waals surface area contributed by atoms with Crippen molar-refractivity contribution in [3.63, 3.8) is 0 Å². The number of aromatic nitrogens is 2. The Balaban J connectivity index is 1.78. The lowest BCUT2D eigenvalue weighted by Crippen LogP contribution is -2.33. The van der Waals surface area contributed by atoms with Gasteiger partial charge in [0.05, 0.1) is 26.9 Å². The van der Waals surface area contributed by atoms with Crippen molar-refractivity contribution < 1.29 is 19.1 Å². The zero-order valence-electron chi connectivity index (χ0n) is 15.0. The van der Waals surface area contributed by atoms with Gasteiger partial charge in [-0.05, 0) is 18.6 Å². The molecule has 25 heavy (non-hydrogen) atoms. The quantitative estimate of drug-likeness (QED) is 0.824. The first-order valence-electron chi connectivity index (χ1n) is 8.61. The molecule has 0 aliphatic carbocycles. The van der Waals surface area contributed by atoms with E-state index < -0.39 is 6.10 Å². The van der Waals surface area contributed by atoms with Crippen molar-refractivity contribution in [1.82, 2.24) is 15.0 Å². The summed E-state index contributed by atoms with van der Waals surface area (Å²) in [5.74, 6) is 2.74. The lowest BCUT2D eigenvalue weighted by molar-refractivity contribution is 0.0779. The normalized spacial score (nSPS) is 17.4. The molecule has 0 bridgehead atoms. The van der Waals surface area contributed by atoms with Crippen LogP contribution in [0.3, 0.4) is 0 Å². The van der Waals surface area contributed by atoms with Crippen LogP contribution in [0.5, 0.6) is 11.5 Å². The number of hydrogen-bond acceptors (Lipinski definition) is 7. The number of aliphatic hydroxyl groups is 1. The minimum absolute atomic E-state index is 0.475. The first-order chi connectivity index (χ1) is 12.2. The molecule has 0 fully saturated rings. The number of ether oxygens (including phenoxy) is 2. The van der Waals surface area contributed by atoms with Crippen LogP contribution in [0.2, 0.25) is 0 Å². The van der Waals surface area contributed by atoms with Crippen molar-refractivity contribution in [2.45, 2.75) is 45.4 Å². The van der Waals surface area contributed by atoms with Gasteiger partial charge in [-0.1, -0.05) is 18.5 Å². The van der Waals surface area contributed by atoms with Crippen LogP contribution < -0.4 is 9.47 Å². The monoisotopic (exact) mass is 347 g/mol. The molecule has 2 aromatic rings. The zero-order chi connectivity index (χ0) is 17.8. The predicted molar refractivity (Wildman–Crippen MR) is 91.5 cm³/mol. The van der Waals surface area contributed by atoms with Crippen molar-refractivity contribution in [3.05, 3.63) is 35.0 Å². The van der Waals surface area contributed by atoms with Crippen LogP contribution in [-0.2, 0) is 19.5 Å². The molecule has 1 N–H and O–H groups in total. The lowest BCUT2D eigenvalue weighted by atomic mass is 9.95. The summed E-state index contributed by atoms with van der Waals surface area (Å²) in [7, 11) is 3.24. The van der Waals surface area contributed by atoms with Gasteiger partial charge in [-0.3, -0.25) is 4.90 Å². The topological polar surface area (TPSA) is 80.9 Å². The number of aryl methyl sites for hydroxylation is 1. The fraction of sp³-hybridized carbons (Fsp3) is 0.556. The van der Waals surface area contributed by atoms with Gasteiger partial charge in [-0.25, -0.2) is 0 Å². The average molecular weight is 347 g/mol. The summed E-state index contributed by atoms with van der Waals surface area (Å²) < 4.78 is 16.2. The molecule has 3 rings (SSSR count). The highest BCUT2D eigenvalue weighted by Gasteiger charge is 2.30. The molecule has 1 aromatic heterocycles. The van der Waals surface area contributed by atoms with Gasteiger partial charge in [-0.15, -0.1) is 0 Å². The third kappa shape index (κ3) is 3.77. The Bertz CT molecular complexity index is 716. The van der Waals surface area contributed by atoms with Gasteiger partial charge in [0.25, 0.3) is 0 Å². The molecule has 0 saturated heterocycles. The van der Waals surface area contributed by atoms with E-state index in [9.17, 15) is 5.11 Å². The third-order valence-electron chi connectivity index (χ3n) is 4.48. The van der Waals surface area contributed by atoms with Crippen molar-refractivity contribution in [3.8, 4) is 11.5 Å². The fourth-order valence-electron chi connectivity index (χ4n) is 3.25. The number of nitrogens with zero attached hydrogens (tertiary/aromatic N) is 3. The van der Waals surface area contributed by atoms with Crippen molar-refractivity contribution in [1.29, 1.82) is 0 Å². The number of benzene rings is 1. The highest BCUT2D eigenvalue weighted by molar-refractivity contribution is 5.51. The molecule has 0 saturated carbocycles. The maximum absolute atomic E-state index is 10.6. The van der Waals surface area contributed by atoms with Crippen LogP contribution in [0.25, 0.3) is 0 Å². The molecule has 0 radical (unpaired) electrons. The summed E-state index contributed by atoms with van der Waals surface area (Å²) in [6.07, 6.45) is 2.32. The van der Waals surface area contributed by atoms with Crippen LogP contribution in [0.1, 0.15) is 48.7 Å². The number of aliphatic hydroxyl groups excluding tert-OH is 1. The Labute approximate surface area is 147 Å². The van der Waals surface area contributed by atoms with E-state index >= 15 is 0 Å². The lowest BCUT2D eigenvalue weighted by Gasteiger charge is -2.33. The van der Waals surface area contributed by atoms with E-state index in [1.165, 1.54) is 0 Å². The number of β-amino-alcohol motifs (C(OH)–C–C–N with tert-alkyl or cyclic N) is 1. The molecule has 1 atom stereocenters. The highest BCUT2D eigenvalue weighted by atomic mass is 16.5. The van der Waals surface area contributed by atoms with E-state index in [0.717, 1.165) is 42.0 Å². The number of unbranched alkanes of at least 4 members (excludes halogenated alkanes) is 1. The molecular weight excluding hydrogens is 322 g/mol. The molecule has 7 heteroatoms. The second kappa shape index (κ2) is 7.84. The minimum Gasteiger partial charge on any atom is -0.496 e. The summed E-state index contributed by atoms with van der Waals surface area (Å²) >= 11 is 0. The SMILES string of the molecule is CCCCc1noc(CN2Cc3c(OC)ccc(OC)c3[C@@H](O)C2)n1. The van der Waals surface area contributed by atoms with Gasteiger partial charge >= 0.3 is 0 Å². The summed E-state index contributed by atoms with van der Waals surface area (Å²) in [6.45, 7) is 3.73. The third-order valence-corrected chi connectivity index (χ3v) is 4.48. The predicted octanol–water partition coefficient (Wildman–Crippen LogP) is 2.48. The summed E-state index contributed by atoms with van der Waals surface area (Å²) in [5, 5.41) is 14.6. The number of fused-ring (bicyclic) bond motifs is 1. The van der Waals surface area contributed by atoms with Crippen LogP contribution in [0, 0.1) is 0 Å². The van der Waals surface area contributed by atoms with Gasteiger partial charge in [0.2, 0.25) is 5.89 Å². The number of methoxy groups -OCH3 is 2. The molecule has 136 valence electrons. The van der Waals surface area contributed by atoms with Crippen LogP contribution in [-0.4, -0.2) is 40.9 Å². The van der Waals surface area contributed by atoms with E-state index in [2.05, 4.69) is 22.0 Å². The highest BCUT2D eigenvalue weighted by Crippen LogP contribution is 2.39. The molecule has 1 aromatic carbocycles. The molecule has 1 aliphatic heterocycles. The van der Waals surface area contributed by atoms with E-state index in [4.69, 9.17) is 14.0 Å². The summed E-state index contributed by atoms with van der Waals surface area (Å²) in [5.41, 5.74) is 1.73. The summed E-state index contributed by atoms with van der Waals surface area (Å²) in [6, 6.07) is 3.69. The molecule has 1 aliphatic rings. The Kier molecular flexibility index (Phi) is 5.55. The van der Waals surface area contributed by atoms with Gasteiger partial charge in [0.1, 0.15) is 11.5 Å². The Morgan fingerprint density at radius 1 is 1.28 bits per heavy atom. The van der Waals surface area contributed by atoms with Crippen LogP contribution >= 0.6 is 0 Å². The first kappa shape index (κ1) is 17.7. The van der Waals surface area contributed by atoms with E-state index in [1.54, 1.807) is 14.2 Å². The Morgan fingerprint density at radius 2 is 2.04 bits per heavy atom. The van der Waals surface area contributed by atoms with E-state index in [1.807, 2.05) is 12.1 Å². The maximum Gasteiger partial charge on any atom is 0.240 e. The van der Waals surface area contributed by atoms with Crippen molar-refractivity contribution in [2.75, 3.05) is 20.8 Å². The van der Waals surface area contributed by atoms with E-state index in [-0.39, 0.29) is 0 Å². The first-order valence-corrected chi connectivity index (χ1v) is 8.61. The maximum atomic E-state index is 10.6. The largest absolute Gasteiger partial charge is 0.496 e. The second-order valence-electron chi connectivity index (χ2n) is 6.26. The minimum atomic E-state index is -0.656. The van der Waals surface area contributed by atoms with Crippen LogP contribution in [0.4, 0.5) is 0 Å². The standard InChI is InChI=1S/C18H25N3O4/c1-4-5-6-16-19-17(25-20-16)11-21-9-12-14(23-2)7-8-15(24-3)18(12)13(22)10-21/h7-8,13,22H,4-6,9-11H2,1-3H3/t13-/m0/s1. The molecular formula is C18H25N3O4. The number of rotatable bonds is 7. The van der Waals surface area contributed by atoms with Gasteiger partial charge in [0.15, 0.2) is 5.82 Å². The summed E-state index contributed by atoms with van der Waals surface area (Å²) in [4.78, 5) is 6.52. The second-order valence-corrected chi connectivity index (χ2v) is 6.26. The molecule has 2 heterocycles. The Hall–Kier alpha value is -2.12. The van der Waals surface area contributed by atoms with Gasteiger partial charge in [-0.2, -0.15) is 4.98 Å². The van der Waals surface area contributed by atoms with Gasteiger partial charge < -0.3 is 19.1 Å². The van der Waals surface area contributed by atoms with Crippen molar-refractivity contribution >= 4 is 0 Å². The number of hydrogen-bond donors (Lipinski definition) is 1. The molecule has 0 unspecified atom stereocenters. The van der Waals surface area contributed by atoms with Crippen molar-refractivity contribution in [2.24, 2.45) is 0 Å². The van der Waals surface area contributed by atoms with Gasteiger partial charge in [0, 0.05) is 30.6 Å². The molecule has 0 spiro atoms. The van der Waals surface area contributed by atoms with E-state index in [0.29, 0.717) is 31.3 Å².